The summed E-state index contributed by atoms with van der Waals surface area (Å²) in [6, 6.07) is 16.8. The van der Waals surface area contributed by atoms with Crippen LogP contribution in [0, 0.1) is 0 Å². The first-order chi connectivity index (χ1) is 15.7. The molecule has 1 aromatic heterocycles. The van der Waals surface area contributed by atoms with Crippen molar-refractivity contribution in [1.29, 1.82) is 0 Å². The summed E-state index contributed by atoms with van der Waals surface area (Å²) < 4.78 is 11.5. The Labute approximate surface area is 184 Å². The van der Waals surface area contributed by atoms with Gasteiger partial charge in [-0.25, -0.2) is 0 Å². The Morgan fingerprint density at radius 1 is 0.906 bits per heavy atom. The van der Waals surface area contributed by atoms with Crippen LogP contribution in [0.2, 0.25) is 0 Å². The fourth-order valence-corrected chi connectivity index (χ4v) is 3.76. The van der Waals surface area contributed by atoms with E-state index in [2.05, 4.69) is 15.4 Å². The number of fused-ring (bicyclic) bond motifs is 1. The summed E-state index contributed by atoms with van der Waals surface area (Å²) in [5, 5.41) is 12.3. The van der Waals surface area contributed by atoms with Gasteiger partial charge in [-0.05, 0) is 17.3 Å². The van der Waals surface area contributed by atoms with Gasteiger partial charge in [0.2, 0.25) is 17.8 Å². The van der Waals surface area contributed by atoms with Gasteiger partial charge in [0, 0.05) is 31.7 Å². The number of rotatable bonds is 4. The van der Waals surface area contributed by atoms with Crippen molar-refractivity contribution in [3.8, 4) is 22.9 Å². The third-order valence-electron chi connectivity index (χ3n) is 5.49. The molecule has 1 atom stereocenters. The van der Waals surface area contributed by atoms with Crippen LogP contribution >= 0.6 is 0 Å². The predicted octanol–water partition coefficient (Wildman–Crippen LogP) is 0.851. The minimum absolute atomic E-state index is 0.00411. The lowest BCUT2D eigenvalue weighted by atomic mass is 10.2. The Balaban J connectivity index is 1.13. The summed E-state index contributed by atoms with van der Waals surface area (Å²) in [6.07, 6.45) is -0.678. The lowest BCUT2D eigenvalue weighted by Gasteiger charge is -2.37. The molecule has 2 amide bonds. The second kappa shape index (κ2) is 8.66. The monoisotopic (exact) mass is 434 g/mol. The van der Waals surface area contributed by atoms with Gasteiger partial charge in [0.25, 0.3) is 5.91 Å². The SMILES string of the molecule is O=C(Cn1nnc(-c2ccccc2)n1)N1CCN(C(=O)C2COc3ccccc3O2)CC1. The molecule has 3 heterocycles. The van der Waals surface area contributed by atoms with Crippen molar-refractivity contribution in [2.24, 2.45) is 0 Å². The molecule has 10 heteroatoms. The molecule has 2 aliphatic rings. The number of carbonyl (C=O) groups is 2. The smallest absolute Gasteiger partial charge is 0.267 e. The Bertz CT molecular complexity index is 1110. The van der Waals surface area contributed by atoms with E-state index in [-0.39, 0.29) is 25.0 Å². The maximum absolute atomic E-state index is 12.9. The molecule has 5 rings (SSSR count). The van der Waals surface area contributed by atoms with Gasteiger partial charge >= 0.3 is 0 Å². The van der Waals surface area contributed by atoms with Crippen LogP contribution in [-0.4, -0.2) is 80.7 Å². The largest absolute Gasteiger partial charge is 0.485 e. The number of aromatic nitrogens is 4. The zero-order chi connectivity index (χ0) is 21.9. The molecule has 0 N–H and O–H groups in total. The van der Waals surface area contributed by atoms with E-state index in [9.17, 15) is 9.59 Å². The van der Waals surface area contributed by atoms with E-state index in [1.807, 2.05) is 48.5 Å². The van der Waals surface area contributed by atoms with Gasteiger partial charge in [-0.2, -0.15) is 4.80 Å². The molecule has 164 valence electrons. The molecule has 3 aromatic rings. The second-order valence-electron chi connectivity index (χ2n) is 7.58. The summed E-state index contributed by atoms with van der Waals surface area (Å²) >= 11 is 0. The minimum atomic E-state index is -0.678. The first-order valence-corrected chi connectivity index (χ1v) is 10.5. The highest BCUT2D eigenvalue weighted by Gasteiger charge is 2.33. The number of carbonyl (C=O) groups excluding carboxylic acids is 2. The molecular weight excluding hydrogens is 412 g/mol. The predicted molar refractivity (Wildman–Crippen MR) is 113 cm³/mol. The molecule has 32 heavy (non-hydrogen) atoms. The van der Waals surface area contributed by atoms with E-state index in [1.165, 1.54) is 4.80 Å². The van der Waals surface area contributed by atoms with Crippen molar-refractivity contribution in [1.82, 2.24) is 30.0 Å². The first kappa shape index (κ1) is 20.0. The van der Waals surface area contributed by atoms with Crippen LogP contribution in [-0.2, 0) is 16.1 Å². The van der Waals surface area contributed by atoms with Gasteiger partial charge in [-0.1, -0.05) is 42.5 Å². The number of nitrogens with zero attached hydrogens (tertiary/aromatic N) is 6. The summed E-state index contributed by atoms with van der Waals surface area (Å²) in [5.41, 5.74) is 0.842. The first-order valence-electron chi connectivity index (χ1n) is 10.5. The highest BCUT2D eigenvalue weighted by atomic mass is 16.6. The molecule has 1 saturated heterocycles. The third-order valence-corrected chi connectivity index (χ3v) is 5.49. The Morgan fingerprint density at radius 3 is 2.38 bits per heavy atom. The number of hydrogen-bond acceptors (Lipinski definition) is 7. The van der Waals surface area contributed by atoms with E-state index < -0.39 is 6.10 Å². The van der Waals surface area contributed by atoms with E-state index >= 15 is 0 Å². The maximum Gasteiger partial charge on any atom is 0.267 e. The Morgan fingerprint density at radius 2 is 1.59 bits per heavy atom. The van der Waals surface area contributed by atoms with Crippen LogP contribution in [0.1, 0.15) is 0 Å². The van der Waals surface area contributed by atoms with E-state index in [0.29, 0.717) is 43.5 Å². The second-order valence-corrected chi connectivity index (χ2v) is 7.58. The fourth-order valence-electron chi connectivity index (χ4n) is 3.76. The van der Waals surface area contributed by atoms with Crippen molar-refractivity contribution in [2.45, 2.75) is 12.6 Å². The number of piperazine rings is 1. The summed E-state index contributed by atoms with van der Waals surface area (Å²) in [6.45, 7) is 1.93. The van der Waals surface area contributed by atoms with E-state index in [1.54, 1.807) is 15.9 Å². The van der Waals surface area contributed by atoms with E-state index in [4.69, 9.17) is 9.47 Å². The molecule has 1 fully saturated rings. The quantitative estimate of drug-likeness (QED) is 0.600. The normalized spacial score (nSPS) is 17.8. The van der Waals surface area contributed by atoms with Gasteiger partial charge < -0.3 is 19.3 Å². The molecular formula is C22H22N6O4. The summed E-state index contributed by atoms with van der Waals surface area (Å²) in [4.78, 5) is 30.3. The molecule has 1 unspecified atom stereocenters. The van der Waals surface area contributed by atoms with Gasteiger partial charge in [0.15, 0.2) is 11.5 Å². The van der Waals surface area contributed by atoms with Crippen molar-refractivity contribution in [3.63, 3.8) is 0 Å². The average Bonchev–Trinajstić information content (AvgIpc) is 3.32. The van der Waals surface area contributed by atoms with Crippen LogP contribution in [0.4, 0.5) is 0 Å². The number of hydrogen-bond donors (Lipinski definition) is 0. The molecule has 0 radical (unpaired) electrons. The van der Waals surface area contributed by atoms with Crippen LogP contribution in [0.3, 0.4) is 0 Å². The number of amides is 2. The van der Waals surface area contributed by atoms with Crippen molar-refractivity contribution in [3.05, 3.63) is 54.6 Å². The lowest BCUT2D eigenvalue weighted by molar-refractivity contribution is -0.146. The van der Waals surface area contributed by atoms with E-state index in [0.717, 1.165) is 5.56 Å². The molecule has 2 aromatic carbocycles. The topological polar surface area (TPSA) is 103 Å². The van der Waals surface area contributed by atoms with Gasteiger partial charge in [0.05, 0.1) is 0 Å². The van der Waals surface area contributed by atoms with Crippen LogP contribution in [0.15, 0.2) is 54.6 Å². The molecule has 2 aliphatic heterocycles. The number of tetrazole rings is 1. The number of benzene rings is 2. The average molecular weight is 434 g/mol. The number of ether oxygens (including phenoxy) is 2. The van der Waals surface area contributed by atoms with Gasteiger partial charge in [-0.3, -0.25) is 9.59 Å². The van der Waals surface area contributed by atoms with Crippen LogP contribution < -0.4 is 9.47 Å². The zero-order valence-corrected chi connectivity index (χ0v) is 17.3. The van der Waals surface area contributed by atoms with Crippen molar-refractivity contribution in [2.75, 3.05) is 32.8 Å². The molecule has 0 saturated carbocycles. The molecule has 0 spiro atoms. The Kier molecular flexibility index (Phi) is 5.40. The fraction of sp³-hybridized carbons (Fsp3) is 0.318. The highest BCUT2D eigenvalue weighted by Crippen LogP contribution is 2.31. The maximum atomic E-state index is 12.9. The van der Waals surface area contributed by atoms with Crippen molar-refractivity contribution >= 4 is 11.8 Å². The standard InChI is InChI=1S/C22H22N6O4/c29-20(14-28-24-21(23-25-28)16-6-2-1-3-7-16)26-10-12-27(13-11-26)22(30)19-15-31-17-8-4-5-9-18(17)32-19/h1-9,19H,10-15H2. The van der Waals surface area contributed by atoms with Crippen LogP contribution in [0.5, 0.6) is 11.5 Å². The zero-order valence-electron chi connectivity index (χ0n) is 17.3. The van der Waals surface area contributed by atoms with Gasteiger partial charge in [0.1, 0.15) is 13.2 Å². The highest BCUT2D eigenvalue weighted by molar-refractivity contribution is 5.82. The third kappa shape index (κ3) is 4.11. The van der Waals surface area contributed by atoms with Crippen molar-refractivity contribution < 1.29 is 19.1 Å². The summed E-state index contributed by atoms with van der Waals surface area (Å²) in [5.74, 6) is 1.45. The molecule has 10 nitrogen and oxygen atoms in total. The molecule has 0 aliphatic carbocycles. The summed E-state index contributed by atoms with van der Waals surface area (Å²) in [7, 11) is 0. The van der Waals surface area contributed by atoms with Gasteiger partial charge in [-0.15, -0.1) is 10.2 Å². The Hall–Kier alpha value is -3.95. The van der Waals surface area contributed by atoms with Crippen LogP contribution in [0.25, 0.3) is 11.4 Å². The molecule has 0 bridgehead atoms. The minimum Gasteiger partial charge on any atom is -0.485 e. The lowest BCUT2D eigenvalue weighted by Crippen LogP contribution is -2.55. The number of para-hydroxylation sites is 2.